The molecule has 45 heavy (non-hydrogen) atoms. The number of alkyl halides is 3. The Morgan fingerprint density at radius 2 is 1.62 bits per heavy atom. The summed E-state index contributed by atoms with van der Waals surface area (Å²) in [7, 11) is 0. The van der Waals surface area contributed by atoms with Gasteiger partial charge in [0.15, 0.2) is 11.5 Å². The number of hydrogen-bond acceptors (Lipinski definition) is 6. The first-order valence-corrected chi connectivity index (χ1v) is 15.8. The third-order valence-electron chi connectivity index (χ3n) is 7.40. The van der Waals surface area contributed by atoms with Crippen molar-refractivity contribution in [2.75, 3.05) is 19.4 Å². The van der Waals surface area contributed by atoms with Crippen LogP contribution in [-0.4, -0.2) is 51.7 Å². The maximum Gasteiger partial charge on any atom is 0.433 e. The molecule has 0 atom stereocenters. The lowest BCUT2D eigenvalue weighted by Gasteiger charge is -2.29. The highest BCUT2D eigenvalue weighted by molar-refractivity contribution is 7.98. The summed E-state index contributed by atoms with van der Waals surface area (Å²) in [5.74, 6) is -4.89. The van der Waals surface area contributed by atoms with Gasteiger partial charge in [-0.1, -0.05) is 23.2 Å². The molecule has 0 spiro atoms. The Bertz CT molecular complexity index is 1550. The predicted octanol–water partition coefficient (Wildman–Crippen LogP) is 8.03. The Morgan fingerprint density at radius 3 is 2.16 bits per heavy atom. The van der Waals surface area contributed by atoms with E-state index < -0.39 is 71.8 Å². The van der Waals surface area contributed by atoms with E-state index in [1.165, 1.54) is 23.9 Å². The van der Waals surface area contributed by atoms with E-state index in [1.807, 2.05) is 0 Å². The molecule has 1 saturated carbocycles. The quantitative estimate of drug-likeness (QED) is 0.0927. The van der Waals surface area contributed by atoms with Crippen molar-refractivity contribution in [3.8, 4) is 0 Å². The second-order valence-corrected chi connectivity index (χ2v) is 12.1. The van der Waals surface area contributed by atoms with Crippen LogP contribution >= 0.6 is 35.0 Å². The molecule has 0 aliphatic heterocycles. The molecule has 4 rings (SSSR count). The molecule has 242 valence electrons. The van der Waals surface area contributed by atoms with Crippen LogP contribution in [0.3, 0.4) is 0 Å². The van der Waals surface area contributed by atoms with Crippen molar-refractivity contribution in [2.45, 2.75) is 56.3 Å². The van der Waals surface area contributed by atoms with Crippen LogP contribution in [0, 0.1) is 17.6 Å². The molecule has 0 bridgehead atoms. The number of halogens is 7. The normalized spacial score (nSPS) is 16.8. The molecule has 0 saturated heterocycles. The van der Waals surface area contributed by atoms with Crippen LogP contribution in [0.1, 0.15) is 70.6 Å². The molecule has 15 heteroatoms. The van der Waals surface area contributed by atoms with Gasteiger partial charge in [-0.05, 0) is 68.7 Å². The van der Waals surface area contributed by atoms with Gasteiger partial charge in [0.05, 0.1) is 52.5 Å². The first-order valence-electron chi connectivity index (χ1n) is 13.8. The number of nitrogens with zero attached hydrogens (tertiary/aromatic N) is 3. The lowest BCUT2D eigenvalue weighted by molar-refractivity contribution is -0.151. The van der Waals surface area contributed by atoms with Crippen LogP contribution in [0.15, 0.2) is 41.4 Å². The highest BCUT2D eigenvalue weighted by Gasteiger charge is 2.43. The van der Waals surface area contributed by atoms with E-state index >= 15 is 0 Å². The van der Waals surface area contributed by atoms with E-state index in [9.17, 15) is 36.3 Å². The SMILES string of the molecule is CCOC(=O)C1CCC(n2ncc(C(=O)N(CC(=O)c3c(Cl)cc(SC)cc3Cl)Cc3cc(F)cc(F)c3)c2C(F)(F)F)CC1. The van der Waals surface area contributed by atoms with Gasteiger partial charge in [0.25, 0.3) is 5.91 Å². The number of ketones is 1. The number of ether oxygens (including phenoxy) is 1. The van der Waals surface area contributed by atoms with Gasteiger partial charge in [-0.3, -0.25) is 19.1 Å². The first kappa shape index (κ1) is 34.7. The van der Waals surface area contributed by atoms with Gasteiger partial charge in [0, 0.05) is 17.5 Å². The Hall–Kier alpha value is -3.16. The van der Waals surface area contributed by atoms with E-state index in [4.69, 9.17) is 27.9 Å². The van der Waals surface area contributed by atoms with Gasteiger partial charge in [-0.25, -0.2) is 8.78 Å². The number of carbonyl (C=O) groups is 3. The predicted molar refractivity (Wildman–Crippen MR) is 159 cm³/mol. The third-order valence-corrected chi connectivity index (χ3v) is 8.71. The standard InChI is InChI=1S/C30H28Cl2F5N3O4S/c1-3-44-29(43)17-4-6-20(7-5-17)40-27(30(35,36)37)22(13-38-40)28(42)39(14-16-8-18(33)10-19(34)9-16)15-25(41)26-23(31)11-21(45-2)12-24(26)32/h8-13,17,20H,3-7,14-15H2,1-2H3. The number of rotatable bonds is 10. The average molecular weight is 693 g/mol. The van der Waals surface area contributed by atoms with Crippen molar-refractivity contribution >= 4 is 52.6 Å². The smallest absolute Gasteiger partial charge is 0.433 e. The molecular weight excluding hydrogens is 664 g/mol. The molecular formula is C30H28Cl2F5N3O4S. The second kappa shape index (κ2) is 14.5. The van der Waals surface area contributed by atoms with E-state index in [0.717, 1.165) is 27.9 Å². The lowest BCUT2D eigenvalue weighted by Crippen LogP contribution is -2.37. The molecule has 1 amide bonds. The zero-order chi connectivity index (χ0) is 33.1. The molecule has 1 aliphatic carbocycles. The van der Waals surface area contributed by atoms with Crippen LogP contribution in [0.4, 0.5) is 22.0 Å². The van der Waals surface area contributed by atoms with Gasteiger partial charge in [0.2, 0.25) is 0 Å². The van der Waals surface area contributed by atoms with Crippen molar-refractivity contribution in [1.29, 1.82) is 0 Å². The molecule has 7 nitrogen and oxygen atoms in total. The van der Waals surface area contributed by atoms with Gasteiger partial charge in [-0.15, -0.1) is 11.8 Å². The Labute approximate surface area is 270 Å². The Balaban J connectivity index is 1.70. The van der Waals surface area contributed by atoms with E-state index in [2.05, 4.69) is 5.10 Å². The summed E-state index contributed by atoms with van der Waals surface area (Å²) < 4.78 is 77.5. The molecule has 0 radical (unpaired) electrons. The minimum atomic E-state index is -5.04. The zero-order valence-corrected chi connectivity index (χ0v) is 26.4. The van der Waals surface area contributed by atoms with Gasteiger partial charge in [0.1, 0.15) is 11.6 Å². The van der Waals surface area contributed by atoms with Crippen LogP contribution in [0.25, 0.3) is 0 Å². The van der Waals surface area contributed by atoms with Crippen molar-refractivity contribution in [1.82, 2.24) is 14.7 Å². The summed E-state index contributed by atoms with van der Waals surface area (Å²) in [6.45, 7) is 0.407. The fraction of sp³-hybridized carbons (Fsp3) is 0.400. The summed E-state index contributed by atoms with van der Waals surface area (Å²) >= 11 is 13.9. The average Bonchev–Trinajstić information content (AvgIpc) is 3.42. The molecule has 1 aliphatic rings. The summed E-state index contributed by atoms with van der Waals surface area (Å²) in [5.41, 5.74) is -2.46. The van der Waals surface area contributed by atoms with Gasteiger partial charge >= 0.3 is 12.1 Å². The zero-order valence-electron chi connectivity index (χ0n) is 24.1. The highest BCUT2D eigenvalue weighted by atomic mass is 35.5. The summed E-state index contributed by atoms with van der Waals surface area (Å²) in [5, 5.41) is 3.84. The molecule has 0 N–H and O–H groups in total. The van der Waals surface area contributed by atoms with Crippen molar-refractivity contribution in [3.05, 3.63) is 80.6 Å². The number of hydrogen-bond donors (Lipinski definition) is 0. The van der Waals surface area contributed by atoms with Gasteiger partial charge < -0.3 is 9.64 Å². The van der Waals surface area contributed by atoms with Crippen molar-refractivity contribution < 1.29 is 41.1 Å². The Morgan fingerprint density at radius 1 is 1.02 bits per heavy atom. The van der Waals surface area contributed by atoms with E-state index in [-0.39, 0.29) is 53.5 Å². The minimum Gasteiger partial charge on any atom is -0.466 e. The number of benzene rings is 2. The largest absolute Gasteiger partial charge is 0.466 e. The summed E-state index contributed by atoms with van der Waals surface area (Å²) in [6, 6.07) is 4.57. The molecule has 3 aromatic rings. The Kier molecular flexibility index (Phi) is 11.2. The summed E-state index contributed by atoms with van der Waals surface area (Å²) in [6.07, 6.45) is -1.63. The van der Waals surface area contributed by atoms with Gasteiger partial charge in [-0.2, -0.15) is 18.3 Å². The van der Waals surface area contributed by atoms with E-state index in [1.54, 1.807) is 13.2 Å². The lowest BCUT2D eigenvalue weighted by atomic mass is 9.86. The highest BCUT2D eigenvalue weighted by Crippen LogP contribution is 2.39. The minimum absolute atomic E-state index is 0.0386. The molecule has 1 heterocycles. The van der Waals surface area contributed by atoms with Crippen LogP contribution in [0.2, 0.25) is 10.0 Å². The number of Topliss-reactive ketones (excluding diaryl/α,β-unsaturated/α-hetero) is 1. The van der Waals surface area contributed by atoms with Crippen molar-refractivity contribution in [3.63, 3.8) is 0 Å². The molecule has 0 unspecified atom stereocenters. The molecule has 1 fully saturated rings. The fourth-order valence-electron chi connectivity index (χ4n) is 5.37. The van der Waals surface area contributed by atoms with Crippen LogP contribution in [-0.2, 0) is 22.3 Å². The number of carbonyl (C=O) groups excluding carboxylic acids is 3. The number of aromatic nitrogens is 2. The van der Waals surface area contributed by atoms with E-state index in [0.29, 0.717) is 11.0 Å². The fourth-order valence-corrected chi connectivity index (χ4v) is 6.67. The number of amides is 1. The number of thioether (sulfide) groups is 1. The maximum atomic E-state index is 14.6. The van der Waals surface area contributed by atoms with Crippen LogP contribution in [0.5, 0.6) is 0 Å². The third kappa shape index (κ3) is 8.17. The second-order valence-electron chi connectivity index (χ2n) is 10.4. The first-order chi connectivity index (χ1) is 21.2. The molecule has 2 aromatic carbocycles. The maximum absolute atomic E-state index is 14.6. The van der Waals surface area contributed by atoms with Crippen molar-refractivity contribution in [2.24, 2.45) is 5.92 Å². The number of esters is 1. The monoisotopic (exact) mass is 691 g/mol. The molecule has 1 aromatic heterocycles. The van der Waals surface area contributed by atoms with Crippen LogP contribution < -0.4 is 0 Å². The topological polar surface area (TPSA) is 81.5 Å². The summed E-state index contributed by atoms with van der Waals surface area (Å²) in [4.78, 5) is 40.8.